The third-order valence-electron chi connectivity index (χ3n) is 5.39. The molecule has 1 heterocycles. The van der Waals surface area contributed by atoms with E-state index in [0.717, 1.165) is 32.1 Å². The van der Waals surface area contributed by atoms with Crippen LogP contribution in [0.3, 0.4) is 0 Å². The molecule has 0 saturated carbocycles. The quantitative estimate of drug-likeness (QED) is 0.318. The van der Waals surface area contributed by atoms with Crippen LogP contribution in [0.5, 0.6) is 0 Å². The summed E-state index contributed by atoms with van der Waals surface area (Å²) in [5.41, 5.74) is -0.468. The van der Waals surface area contributed by atoms with Gasteiger partial charge in [-0.15, -0.1) is 0 Å². The molecule has 1 saturated heterocycles. The van der Waals surface area contributed by atoms with Crippen molar-refractivity contribution in [3.8, 4) is 0 Å². The molecule has 0 bridgehead atoms. The fourth-order valence-electron chi connectivity index (χ4n) is 3.57. The van der Waals surface area contributed by atoms with E-state index in [2.05, 4.69) is 0 Å². The Morgan fingerprint density at radius 2 is 1.19 bits per heavy atom. The maximum Gasteiger partial charge on any atom is 0.500 e. The van der Waals surface area contributed by atoms with Gasteiger partial charge in [0, 0.05) is 54.7 Å². The maximum atomic E-state index is 12.4. The lowest BCUT2D eigenvalue weighted by Crippen LogP contribution is -2.43. The smallest absolute Gasteiger partial charge is 0.465 e. The van der Waals surface area contributed by atoms with Gasteiger partial charge in [0.1, 0.15) is 0 Å². The first-order valence-electron chi connectivity index (χ1n) is 8.89. The molecule has 0 N–H and O–H groups in total. The molecule has 154 valence electrons. The second-order valence-electron chi connectivity index (χ2n) is 6.46. The molecule has 1 aliphatic rings. The van der Waals surface area contributed by atoms with Gasteiger partial charge in [-0.05, 0) is 32.1 Å². The Morgan fingerprint density at radius 3 is 1.46 bits per heavy atom. The molecule has 1 fully saturated rings. The summed E-state index contributed by atoms with van der Waals surface area (Å²) in [5.74, 6) is -0.114. The Bertz CT molecular complexity index is 384. The third kappa shape index (κ3) is 5.58. The molecule has 1 rings (SSSR count). The SMILES string of the molecule is CO[Si](CCCC1(CCC[Si](OC)(OC)OC)CCOC1=O)(OC)OC. The highest BCUT2D eigenvalue weighted by Crippen LogP contribution is 2.41. The van der Waals surface area contributed by atoms with Crippen LogP contribution in [0.4, 0.5) is 0 Å². The summed E-state index contributed by atoms with van der Waals surface area (Å²) < 4.78 is 38.1. The second-order valence-corrected chi connectivity index (χ2v) is 12.6. The van der Waals surface area contributed by atoms with Crippen molar-refractivity contribution in [1.29, 1.82) is 0 Å². The molecule has 26 heavy (non-hydrogen) atoms. The Hall–Kier alpha value is -0.336. The monoisotopic (exact) mass is 410 g/mol. The van der Waals surface area contributed by atoms with Crippen molar-refractivity contribution in [2.24, 2.45) is 5.41 Å². The Balaban J connectivity index is 2.67. The van der Waals surface area contributed by atoms with Crippen LogP contribution in [0.1, 0.15) is 32.1 Å². The van der Waals surface area contributed by atoms with E-state index in [1.54, 1.807) is 42.7 Å². The van der Waals surface area contributed by atoms with Crippen LogP contribution in [-0.4, -0.2) is 72.8 Å². The fourth-order valence-corrected chi connectivity index (χ4v) is 7.02. The zero-order chi connectivity index (χ0) is 19.7. The molecule has 0 aromatic carbocycles. The van der Waals surface area contributed by atoms with Crippen LogP contribution < -0.4 is 0 Å². The van der Waals surface area contributed by atoms with Crippen molar-refractivity contribution in [3.05, 3.63) is 0 Å². The van der Waals surface area contributed by atoms with Crippen LogP contribution in [0.2, 0.25) is 12.1 Å². The lowest BCUT2D eigenvalue weighted by atomic mass is 9.78. The Morgan fingerprint density at radius 1 is 0.808 bits per heavy atom. The summed E-state index contributed by atoms with van der Waals surface area (Å²) in [4.78, 5) is 12.4. The molecular formula is C16H34O8Si2. The molecule has 0 radical (unpaired) electrons. The predicted molar refractivity (Wildman–Crippen MR) is 99.7 cm³/mol. The minimum absolute atomic E-state index is 0.114. The van der Waals surface area contributed by atoms with Gasteiger partial charge in [0.25, 0.3) is 0 Å². The van der Waals surface area contributed by atoms with Gasteiger partial charge in [0.2, 0.25) is 0 Å². The summed E-state index contributed by atoms with van der Waals surface area (Å²) in [6.45, 7) is 0.474. The summed E-state index contributed by atoms with van der Waals surface area (Å²) in [6.07, 6.45) is 3.72. The van der Waals surface area contributed by atoms with Crippen molar-refractivity contribution in [2.45, 2.75) is 44.2 Å². The highest BCUT2D eigenvalue weighted by molar-refractivity contribution is 6.60. The van der Waals surface area contributed by atoms with Gasteiger partial charge in [-0.3, -0.25) is 4.79 Å². The average Bonchev–Trinajstić information content (AvgIpc) is 3.04. The number of rotatable bonds is 14. The second kappa shape index (κ2) is 10.9. The molecule has 0 amide bonds. The average molecular weight is 411 g/mol. The van der Waals surface area contributed by atoms with Crippen molar-refractivity contribution >= 4 is 23.6 Å². The van der Waals surface area contributed by atoms with Crippen LogP contribution in [0, 0.1) is 5.41 Å². The number of hydrogen-bond donors (Lipinski definition) is 0. The molecule has 0 aromatic rings. The van der Waals surface area contributed by atoms with E-state index in [4.69, 9.17) is 31.3 Å². The highest BCUT2D eigenvalue weighted by Gasteiger charge is 2.46. The van der Waals surface area contributed by atoms with Crippen LogP contribution in [0.25, 0.3) is 0 Å². The lowest BCUT2D eigenvalue weighted by molar-refractivity contribution is -0.147. The van der Waals surface area contributed by atoms with Gasteiger partial charge in [-0.25, -0.2) is 0 Å². The Labute approximate surface area is 159 Å². The molecule has 8 nitrogen and oxygen atoms in total. The third-order valence-corrected chi connectivity index (χ3v) is 11.1. The number of ether oxygens (including phenoxy) is 1. The van der Waals surface area contributed by atoms with E-state index in [1.165, 1.54) is 0 Å². The van der Waals surface area contributed by atoms with Gasteiger partial charge in [0.05, 0.1) is 12.0 Å². The molecule has 0 unspecified atom stereocenters. The zero-order valence-corrected chi connectivity index (χ0v) is 18.9. The fraction of sp³-hybridized carbons (Fsp3) is 0.938. The zero-order valence-electron chi connectivity index (χ0n) is 16.9. The van der Waals surface area contributed by atoms with Crippen LogP contribution in [-0.2, 0) is 36.1 Å². The van der Waals surface area contributed by atoms with Gasteiger partial charge >= 0.3 is 23.6 Å². The highest BCUT2D eigenvalue weighted by atomic mass is 28.4. The van der Waals surface area contributed by atoms with E-state index >= 15 is 0 Å². The first kappa shape index (κ1) is 23.7. The van der Waals surface area contributed by atoms with Gasteiger partial charge in [0.15, 0.2) is 0 Å². The predicted octanol–water partition coefficient (Wildman–Crippen LogP) is 2.24. The van der Waals surface area contributed by atoms with Crippen LogP contribution in [0.15, 0.2) is 0 Å². The van der Waals surface area contributed by atoms with E-state index in [1.807, 2.05) is 0 Å². The maximum absolute atomic E-state index is 12.4. The summed E-state index contributed by atoms with van der Waals surface area (Å²) >= 11 is 0. The molecule has 0 atom stereocenters. The minimum atomic E-state index is -2.63. The van der Waals surface area contributed by atoms with Crippen molar-refractivity contribution in [1.82, 2.24) is 0 Å². The normalized spacial score (nSPS) is 17.5. The number of carbonyl (C=O) groups is 1. The number of esters is 1. The van der Waals surface area contributed by atoms with Crippen molar-refractivity contribution in [2.75, 3.05) is 49.3 Å². The summed E-state index contributed by atoms with van der Waals surface area (Å²) in [6, 6.07) is 1.33. The molecule has 1 aliphatic heterocycles. The van der Waals surface area contributed by atoms with Crippen molar-refractivity contribution in [3.63, 3.8) is 0 Å². The van der Waals surface area contributed by atoms with Gasteiger partial charge in [-0.1, -0.05) is 0 Å². The standard InChI is InChI=1S/C16H34O8Si2/c1-18-25(19-2,20-3)13-7-9-16(11-12-24-15(16)17)10-8-14-26(21-4,22-5)23-6/h7-14H2,1-6H3. The molecule has 0 spiro atoms. The number of cyclic esters (lactones) is 1. The first-order chi connectivity index (χ1) is 12.4. The molecule has 10 heteroatoms. The van der Waals surface area contributed by atoms with E-state index in [0.29, 0.717) is 18.7 Å². The Kier molecular flexibility index (Phi) is 9.90. The topological polar surface area (TPSA) is 81.7 Å². The first-order valence-corrected chi connectivity index (χ1v) is 12.8. The number of hydrogen-bond acceptors (Lipinski definition) is 8. The van der Waals surface area contributed by atoms with E-state index in [9.17, 15) is 4.79 Å². The van der Waals surface area contributed by atoms with Crippen LogP contribution >= 0.6 is 0 Å². The number of carbonyl (C=O) groups excluding carboxylic acids is 1. The molecule has 0 aliphatic carbocycles. The minimum Gasteiger partial charge on any atom is -0.465 e. The molecular weight excluding hydrogens is 376 g/mol. The summed E-state index contributed by atoms with van der Waals surface area (Å²) in [7, 11) is 4.35. The van der Waals surface area contributed by atoms with Gasteiger partial charge in [-0.2, -0.15) is 0 Å². The van der Waals surface area contributed by atoms with E-state index in [-0.39, 0.29) is 5.97 Å². The van der Waals surface area contributed by atoms with E-state index < -0.39 is 23.0 Å². The van der Waals surface area contributed by atoms with Crippen molar-refractivity contribution < 1.29 is 36.1 Å². The molecule has 0 aromatic heterocycles. The largest absolute Gasteiger partial charge is 0.500 e. The van der Waals surface area contributed by atoms with Gasteiger partial charge < -0.3 is 31.3 Å². The lowest BCUT2D eigenvalue weighted by Gasteiger charge is -2.29. The summed E-state index contributed by atoms with van der Waals surface area (Å²) in [5, 5.41) is 0.